The minimum atomic E-state index is 0.320. The van der Waals surface area contributed by atoms with Crippen LogP contribution in [0.2, 0.25) is 0 Å². The molecule has 1 fully saturated rings. The Morgan fingerprint density at radius 3 is 2.85 bits per heavy atom. The van der Waals surface area contributed by atoms with Crippen LogP contribution in [-0.4, -0.2) is 29.8 Å². The maximum Gasteiger partial charge on any atom is 0.222 e. The highest BCUT2D eigenvalue weighted by Gasteiger charge is 2.22. The van der Waals surface area contributed by atoms with Crippen molar-refractivity contribution in [1.82, 2.24) is 4.90 Å². The third-order valence-corrected chi connectivity index (χ3v) is 4.31. The van der Waals surface area contributed by atoms with Crippen molar-refractivity contribution in [3.8, 4) is 0 Å². The molecule has 1 unspecified atom stereocenters. The molecule has 1 aliphatic heterocycles. The average Bonchev–Trinajstić information content (AvgIpc) is 2.49. The van der Waals surface area contributed by atoms with Gasteiger partial charge in [0.2, 0.25) is 5.91 Å². The van der Waals surface area contributed by atoms with Crippen LogP contribution in [0.15, 0.2) is 30.3 Å². The first-order chi connectivity index (χ1) is 9.79. The second-order valence-electron chi connectivity index (χ2n) is 5.66. The van der Waals surface area contributed by atoms with E-state index >= 15 is 0 Å². The van der Waals surface area contributed by atoms with Crippen LogP contribution in [0.4, 0.5) is 0 Å². The van der Waals surface area contributed by atoms with E-state index in [4.69, 9.17) is 11.6 Å². The lowest BCUT2D eigenvalue weighted by Crippen LogP contribution is -2.40. The minimum Gasteiger partial charge on any atom is -0.342 e. The molecule has 1 saturated heterocycles. The molecule has 1 aromatic carbocycles. The van der Waals surface area contributed by atoms with Crippen molar-refractivity contribution in [1.29, 1.82) is 0 Å². The lowest BCUT2D eigenvalue weighted by Gasteiger charge is -2.32. The first kappa shape index (κ1) is 15.4. The highest BCUT2D eigenvalue weighted by Crippen LogP contribution is 2.21. The number of rotatable bonds is 6. The van der Waals surface area contributed by atoms with E-state index in [-0.39, 0.29) is 0 Å². The van der Waals surface area contributed by atoms with Gasteiger partial charge in [0.15, 0.2) is 0 Å². The first-order valence-corrected chi connectivity index (χ1v) is 8.20. The zero-order valence-corrected chi connectivity index (χ0v) is 12.8. The summed E-state index contributed by atoms with van der Waals surface area (Å²) in [7, 11) is 0. The number of halogens is 1. The Labute approximate surface area is 127 Å². The largest absolute Gasteiger partial charge is 0.342 e. The molecule has 0 bridgehead atoms. The zero-order chi connectivity index (χ0) is 14.2. The summed E-state index contributed by atoms with van der Waals surface area (Å²) in [5, 5.41) is 0. The summed E-state index contributed by atoms with van der Waals surface area (Å²) in [5.74, 6) is 1.64. The number of carbonyl (C=O) groups is 1. The van der Waals surface area contributed by atoms with Gasteiger partial charge < -0.3 is 4.90 Å². The number of likely N-dealkylation sites (tertiary alicyclic amines) is 1. The summed E-state index contributed by atoms with van der Waals surface area (Å²) in [6.45, 7) is 1.85. The lowest BCUT2D eigenvalue weighted by molar-refractivity contribution is -0.133. The highest BCUT2D eigenvalue weighted by atomic mass is 35.5. The Bertz CT molecular complexity index is 405. The number of alkyl halides is 1. The molecule has 1 atom stereocenters. The number of carbonyl (C=O) groups excluding carboxylic acids is 1. The molecule has 0 aromatic heterocycles. The van der Waals surface area contributed by atoms with Gasteiger partial charge in [-0.25, -0.2) is 0 Å². The van der Waals surface area contributed by atoms with E-state index in [1.165, 1.54) is 12.0 Å². The second kappa shape index (κ2) is 8.31. The van der Waals surface area contributed by atoms with Gasteiger partial charge in [-0.15, -0.1) is 11.6 Å². The van der Waals surface area contributed by atoms with Crippen molar-refractivity contribution in [2.24, 2.45) is 5.92 Å². The summed E-state index contributed by atoms with van der Waals surface area (Å²) in [5.41, 5.74) is 1.32. The molecule has 1 aliphatic rings. The lowest BCUT2D eigenvalue weighted by atomic mass is 9.95. The van der Waals surface area contributed by atoms with Crippen molar-refractivity contribution in [3.05, 3.63) is 35.9 Å². The Kier molecular flexibility index (Phi) is 6.38. The molecule has 0 N–H and O–H groups in total. The summed E-state index contributed by atoms with van der Waals surface area (Å²) in [6.07, 6.45) is 6.00. The van der Waals surface area contributed by atoms with Gasteiger partial charge in [0.05, 0.1) is 0 Å². The molecule has 0 spiro atoms. The Morgan fingerprint density at radius 1 is 1.30 bits per heavy atom. The third kappa shape index (κ3) is 4.82. The average molecular weight is 294 g/mol. The fraction of sp³-hybridized carbons (Fsp3) is 0.588. The number of hydrogen-bond acceptors (Lipinski definition) is 1. The molecule has 2 nitrogen and oxygen atoms in total. The second-order valence-corrected chi connectivity index (χ2v) is 6.04. The van der Waals surface area contributed by atoms with Gasteiger partial charge >= 0.3 is 0 Å². The van der Waals surface area contributed by atoms with E-state index in [1.807, 2.05) is 11.0 Å². The van der Waals surface area contributed by atoms with Gasteiger partial charge in [0.25, 0.3) is 0 Å². The zero-order valence-electron chi connectivity index (χ0n) is 12.1. The molecule has 20 heavy (non-hydrogen) atoms. The van der Waals surface area contributed by atoms with Gasteiger partial charge in [-0.1, -0.05) is 30.3 Å². The van der Waals surface area contributed by atoms with Gasteiger partial charge in [-0.05, 0) is 43.6 Å². The Hall–Kier alpha value is -1.02. The number of hydrogen-bond donors (Lipinski definition) is 0. The van der Waals surface area contributed by atoms with Crippen LogP contribution in [0, 0.1) is 5.92 Å². The quantitative estimate of drug-likeness (QED) is 0.729. The monoisotopic (exact) mass is 293 g/mol. The number of benzene rings is 1. The molecular formula is C17H24ClNO. The van der Waals surface area contributed by atoms with Crippen LogP contribution in [0.3, 0.4) is 0 Å². The standard InChI is InChI=1S/C17H24ClNO/c18-12-11-16-9-5-13-19(14-16)17(20)10-4-8-15-6-2-1-3-7-15/h1-3,6-7,16H,4-5,8-14H2. The molecule has 0 radical (unpaired) electrons. The Balaban J connectivity index is 1.71. The van der Waals surface area contributed by atoms with E-state index in [9.17, 15) is 4.79 Å². The molecule has 1 heterocycles. The summed E-state index contributed by atoms with van der Waals surface area (Å²) in [4.78, 5) is 14.3. The third-order valence-electron chi connectivity index (χ3n) is 4.09. The number of amides is 1. The van der Waals surface area contributed by atoms with E-state index in [1.54, 1.807) is 0 Å². The predicted octanol–water partition coefficient (Wildman–Crippen LogP) is 3.88. The van der Waals surface area contributed by atoms with Crippen LogP contribution >= 0.6 is 11.6 Å². The topological polar surface area (TPSA) is 20.3 Å². The van der Waals surface area contributed by atoms with Crippen molar-refractivity contribution in [2.45, 2.75) is 38.5 Å². The fourth-order valence-corrected chi connectivity index (χ4v) is 3.24. The van der Waals surface area contributed by atoms with E-state index in [2.05, 4.69) is 24.3 Å². The summed E-state index contributed by atoms with van der Waals surface area (Å²) in [6, 6.07) is 10.4. The smallest absolute Gasteiger partial charge is 0.222 e. The van der Waals surface area contributed by atoms with Gasteiger partial charge in [0, 0.05) is 25.4 Å². The molecule has 3 heteroatoms. The van der Waals surface area contributed by atoms with Crippen LogP contribution in [0.25, 0.3) is 0 Å². The molecule has 1 aromatic rings. The fourth-order valence-electron chi connectivity index (χ4n) is 2.93. The van der Waals surface area contributed by atoms with Crippen LogP contribution in [0.1, 0.15) is 37.7 Å². The van der Waals surface area contributed by atoms with Gasteiger partial charge in [-0.2, -0.15) is 0 Å². The highest BCUT2D eigenvalue weighted by molar-refractivity contribution is 6.17. The number of nitrogens with zero attached hydrogens (tertiary/aromatic N) is 1. The number of piperidine rings is 1. The Morgan fingerprint density at radius 2 is 2.10 bits per heavy atom. The first-order valence-electron chi connectivity index (χ1n) is 7.67. The predicted molar refractivity (Wildman–Crippen MR) is 84.0 cm³/mol. The van der Waals surface area contributed by atoms with Crippen molar-refractivity contribution >= 4 is 17.5 Å². The number of aryl methyl sites for hydroxylation is 1. The van der Waals surface area contributed by atoms with Crippen LogP contribution in [0.5, 0.6) is 0 Å². The maximum absolute atomic E-state index is 12.2. The van der Waals surface area contributed by atoms with Crippen molar-refractivity contribution < 1.29 is 4.79 Å². The molecular weight excluding hydrogens is 270 g/mol. The molecule has 0 aliphatic carbocycles. The van der Waals surface area contributed by atoms with E-state index < -0.39 is 0 Å². The van der Waals surface area contributed by atoms with Crippen molar-refractivity contribution in [2.75, 3.05) is 19.0 Å². The maximum atomic E-state index is 12.2. The van der Waals surface area contributed by atoms with Crippen LogP contribution in [-0.2, 0) is 11.2 Å². The van der Waals surface area contributed by atoms with E-state index in [0.717, 1.165) is 38.8 Å². The summed E-state index contributed by atoms with van der Waals surface area (Å²) < 4.78 is 0. The molecule has 0 saturated carbocycles. The minimum absolute atomic E-state index is 0.320. The molecule has 110 valence electrons. The molecule has 2 rings (SSSR count). The van der Waals surface area contributed by atoms with Gasteiger partial charge in [0.1, 0.15) is 0 Å². The SMILES string of the molecule is O=C(CCCc1ccccc1)N1CCCC(CCCl)C1. The van der Waals surface area contributed by atoms with Gasteiger partial charge in [-0.3, -0.25) is 4.79 Å². The van der Waals surface area contributed by atoms with Crippen LogP contribution < -0.4 is 0 Å². The van der Waals surface area contributed by atoms with E-state index in [0.29, 0.717) is 24.1 Å². The normalized spacial score (nSPS) is 19.1. The van der Waals surface area contributed by atoms with Crippen molar-refractivity contribution in [3.63, 3.8) is 0 Å². The summed E-state index contributed by atoms with van der Waals surface area (Å²) >= 11 is 5.81. The molecule has 1 amide bonds.